The highest BCUT2D eigenvalue weighted by atomic mass is 32.2. The molecule has 0 unspecified atom stereocenters. The van der Waals surface area contributed by atoms with Gasteiger partial charge in [-0.15, -0.1) is 0 Å². The fourth-order valence-electron chi connectivity index (χ4n) is 2.04. The molecule has 2 rings (SSSR count). The number of aromatic nitrogens is 1. The van der Waals surface area contributed by atoms with Crippen molar-refractivity contribution in [2.24, 2.45) is 0 Å². The summed E-state index contributed by atoms with van der Waals surface area (Å²) in [6.07, 6.45) is 8.05. The van der Waals surface area contributed by atoms with Crippen molar-refractivity contribution >= 4 is 23.4 Å². The second-order valence-corrected chi connectivity index (χ2v) is 5.86. The van der Waals surface area contributed by atoms with Crippen molar-refractivity contribution < 1.29 is 4.79 Å². The summed E-state index contributed by atoms with van der Waals surface area (Å²) in [5.74, 6) is 1.11. The number of rotatable bonds is 7. The Kier molecular flexibility index (Phi) is 6.28. The van der Waals surface area contributed by atoms with Gasteiger partial charge < -0.3 is 5.32 Å². The Morgan fingerprint density at radius 1 is 1.10 bits per heavy atom. The smallest absolute Gasteiger partial charge is 0.224 e. The molecule has 0 radical (unpaired) electrons. The predicted molar refractivity (Wildman–Crippen MR) is 89.7 cm³/mol. The van der Waals surface area contributed by atoms with Crippen molar-refractivity contribution in [2.45, 2.75) is 19.3 Å². The largest absolute Gasteiger partial charge is 0.326 e. The number of amides is 1. The van der Waals surface area contributed by atoms with Gasteiger partial charge in [0.1, 0.15) is 0 Å². The molecule has 1 aromatic heterocycles. The van der Waals surface area contributed by atoms with Gasteiger partial charge in [0.2, 0.25) is 5.91 Å². The molecule has 0 atom stereocenters. The van der Waals surface area contributed by atoms with Crippen molar-refractivity contribution in [3.8, 4) is 0 Å². The monoisotopic (exact) mass is 300 g/mol. The molecule has 0 aliphatic heterocycles. The van der Waals surface area contributed by atoms with Crippen molar-refractivity contribution in [3.05, 3.63) is 59.9 Å². The van der Waals surface area contributed by atoms with Gasteiger partial charge in [-0.25, -0.2) is 0 Å². The quantitative estimate of drug-likeness (QED) is 0.792. The van der Waals surface area contributed by atoms with Gasteiger partial charge in [0.15, 0.2) is 0 Å². The Morgan fingerprint density at radius 2 is 1.76 bits per heavy atom. The summed E-state index contributed by atoms with van der Waals surface area (Å²) in [4.78, 5) is 15.8. The van der Waals surface area contributed by atoms with Gasteiger partial charge in [-0.05, 0) is 60.2 Å². The van der Waals surface area contributed by atoms with Gasteiger partial charge in [0, 0.05) is 24.5 Å². The van der Waals surface area contributed by atoms with Crippen LogP contribution in [0, 0.1) is 0 Å². The van der Waals surface area contributed by atoms with Crippen molar-refractivity contribution in [1.82, 2.24) is 4.98 Å². The Morgan fingerprint density at radius 3 is 2.43 bits per heavy atom. The number of benzene rings is 1. The summed E-state index contributed by atoms with van der Waals surface area (Å²) >= 11 is 1.77. The number of hydrogen-bond donors (Lipinski definition) is 1. The molecule has 3 nitrogen and oxygen atoms in total. The lowest BCUT2D eigenvalue weighted by Crippen LogP contribution is -2.11. The molecule has 110 valence electrons. The molecule has 0 bridgehead atoms. The first kappa shape index (κ1) is 15.6. The Hall–Kier alpha value is -1.81. The predicted octanol–water partition coefficient (Wildman–Crippen LogP) is 3.75. The van der Waals surface area contributed by atoms with E-state index in [2.05, 4.69) is 28.7 Å². The molecule has 0 saturated carbocycles. The van der Waals surface area contributed by atoms with Gasteiger partial charge >= 0.3 is 0 Å². The zero-order valence-electron chi connectivity index (χ0n) is 12.2. The van der Waals surface area contributed by atoms with Crippen LogP contribution in [0.25, 0.3) is 0 Å². The van der Waals surface area contributed by atoms with Gasteiger partial charge in [0.25, 0.3) is 0 Å². The van der Waals surface area contributed by atoms with Crippen LogP contribution in [0.5, 0.6) is 0 Å². The van der Waals surface area contributed by atoms with Crippen LogP contribution in [0.4, 0.5) is 5.69 Å². The van der Waals surface area contributed by atoms with E-state index in [1.165, 1.54) is 11.1 Å². The highest BCUT2D eigenvalue weighted by molar-refractivity contribution is 7.98. The van der Waals surface area contributed by atoms with E-state index in [4.69, 9.17) is 0 Å². The Labute approximate surface area is 130 Å². The van der Waals surface area contributed by atoms with Gasteiger partial charge in [0.05, 0.1) is 0 Å². The van der Waals surface area contributed by atoms with E-state index in [0.717, 1.165) is 24.3 Å². The normalized spacial score (nSPS) is 10.3. The molecule has 1 heterocycles. The standard InChI is InChI=1S/C17H20N2OS/c1-21-12-2-3-17(20)19-16-6-4-14(5-7-16)13-15-8-10-18-11-9-15/h4-11H,2-3,12-13H2,1H3,(H,19,20). The van der Waals surface area contributed by atoms with Crippen LogP contribution in [0.3, 0.4) is 0 Å². The Balaban J connectivity index is 1.85. The van der Waals surface area contributed by atoms with E-state index in [1.807, 2.05) is 24.3 Å². The summed E-state index contributed by atoms with van der Waals surface area (Å²) in [5, 5.41) is 2.93. The van der Waals surface area contributed by atoms with Crippen molar-refractivity contribution in [2.75, 3.05) is 17.3 Å². The second kappa shape index (κ2) is 8.47. The van der Waals surface area contributed by atoms with E-state index < -0.39 is 0 Å². The number of carbonyl (C=O) groups excluding carboxylic acids is 1. The fourth-order valence-corrected chi connectivity index (χ4v) is 2.48. The minimum absolute atomic E-state index is 0.0888. The lowest BCUT2D eigenvalue weighted by molar-refractivity contribution is -0.116. The molecule has 0 spiro atoms. The first-order valence-corrected chi connectivity index (χ1v) is 8.44. The molecule has 2 aromatic rings. The zero-order chi connectivity index (χ0) is 14.9. The zero-order valence-corrected chi connectivity index (χ0v) is 13.0. The van der Waals surface area contributed by atoms with E-state index in [0.29, 0.717) is 6.42 Å². The van der Waals surface area contributed by atoms with E-state index >= 15 is 0 Å². The van der Waals surface area contributed by atoms with E-state index in [-0.39, 0.29) is 5.91 Å². The number of pyridine rings is 1. The number of nitrogens with zero attached hydrogens (tertiary/aromatic N) is 1. The SMILES string of the molecule is CSCCCC(=O)Nc1ccc(Cc2ccncc2)cc1. The van der Waals surface area contributed by atoms with Crippen LogP contribution in [0.2, 0.25) is 0 Å². The topological polar surface area (TPSA) is 42.0 Å². The highest BCUT2D eigenvalue weighted by Gasteiger charge is 2.02. The average molecular weight is 300 g/mol. The van der Waals surface area contributed by atoms with Crippen molar-refractivity contribution in [3.63, 3.8) is 0 Å². The third-order valence-electron chi connectivity index (χ3n) is 3.15. The van der Waals surface area contributed by atoms with Crippen LogP contribution in [0.15, 0.2) is 48.8 Å². The molecular formula is C17H20N2OS. The minimum atomic E-state index is 0.0888. The summed E-state index contributed by atoms with van der Waals surface area (Å²) in [7, 11) is 0. The molecular weight excluding hydrogens is 280 g/mol. The summed E-state index contributed by atoms with van der Waals surface area (Å²) in [5.41, 5.74) is 3.32. The molecule has 4 heteroatoms. The number of carbonyl (C=O) groups is 1. The van der Waals surface area contributed by atoms with Crippen LogP contribution in [-0.2, 0) is 11.2 Å². The van der Waals surface area contributed by atoms with Crippen LogP contribution >= 0.6 is 11.8 Å². The highest BCUT2D eigenvalue weighted by Crippen LogP contribution is 2.14. The molecule has 1 aromatic carbocycles. The molecule has 21 heavy (non-hydrogen) atoms. The van der Waals surface area contributed by atoms with Crippen molar-refractivity contribution in [1.29, 1.82) is 0 Å². The number of thioether (sulfide) groups is 1. The van der Waals surface area contributed by atoms with E-state index in [1.54, 1.807) is 24.2 Å². The Bertz CT molecular complexity index is 555. The van der Waals surface area contributed by atoms with Gasteiger partial charge in [-0.2, -0.15) is 11.8 Å². The van der Waals surface area contributed by atoms with Gasteiger partial charge in [-0.1, -0.05) is 12.1 Å². The lowest BCUT2D eigenvalue weighted by atomic mass is 10.1. The molecule has 1 amide bonds. The fraction of sp³-hybridized carbons (Fsp3) is 0.294. The maximum absolute atomic E-state index is 11.7. The minimum Gasteiger partial charge on any atom is -0.326 e. The first-order chi connectivity index (χ1) is 10.3. The maximum Gasteiger partial charge on any atom is 0.224 e. The van der Waals surface area contributed by atoms with Gasteiger partial charge in [-0.3, -0.25) is 9.78 Å². The first-order valence-electron chi connectivity index (χ1n) is 7.04. The third kappa shape index (κ3) is 5.60. The third-order valence-corrected chi connectivity index (χ3v) is 3.84. The van der Waals surface area contributed by atoms with Crippen LogP contribution in [0.1, 0.15) is 24.0 Å². The van der Waals surface area contributed by atoms with Crippen LogP contribution in [-0.4, -0.2) is 22.9 Å². The number of anilines is 1. The molecule has 0 aliphatic rings. The summed E-state index contributed by atoms with van der Waals surface area (Å²) in [6.45, 7) is 0. The second-order valence-electron chi connectivity index (χ2n) is 4.87. The summed E-state index contributed by atoms with van der Waals surface area (Å²) in [6, 6.07) is 12.1. The molecule has 1 N–H and O–H groups in total. The number of nitrogens with one attached hydrogen (secondary N) is 1. The molecule has 0 saturated heterocycles. The number of hydrogen-bond acceptors (Lipinski definition) is 3. The lowest BCUT2D eigenvalue weighted by Gasteiger charge is -2.06. The molecule has 0 aliphatic carbocycles. The molecule has 0 fully saturated rings. The van der Waals surface area contributed by atoms with E-state index in [9.17, 15) is 4.79 Å². The van der Waals surface area contributed by atoms with Crippen LogP contribution < -0.4 is 5.32 Å². The summed E-state index contributed by atoms with van der Waals surface area (Å²) < 4.78 is 0. The average Bonchev–Trinajstić information content (AvgIpc) is 2.51. The maximum atomic E-state index is 11.7.